The van der Waals surface area contributed by atoms with E-state index in [4.69, 9.17) is 27.9 Å². The van der Waals surface area contributed by atoms with Gasteiger partial charge in [-0.1, -0.05) is 53.5 Å². The molecule has 7 nitrogen and oxygen atoms in total. The van der Waals surface area contributed by atoms with E-state index in [0.717, 1.165) is 4.31 Å². The van der Waals surface area contributed by atoms with Gasteiger partial charge >= 0.3 is 5.97 Å². The fourth-order valence-electron chi connectivity index (χ4n) is 3.23. The highest BCUT2D eigenvalue weighted by atomic mass is 35.5. The second-order valence-electron chi connectivity index (χ2n) is 7.14. The third kappa shape index (κ3) is 5.52. The molecule has 1 amide bonds. The number of nitrogens with zero attached hydrogens (tertiary/aromatic N) is 1. The molecule has 0 aliphatic rings. The topological polar surface area (TPSA) is 92.8 Å². The summed E-state index contributed by atoms with van der Waals surface area (Å²) >= 11 is 12.4. The van der Waals surface area contributed by atoms with E-state index in [-0.39, 0.29) is 27.2 Å². The van der Waals surface area contributed by atoms with Gasteiger partial charge in [-0.15, -0.1) is 0 Å². The van der Waals surface area contributed by atoms with Gasteiger partial charge in [-0.2, -0.15) is 0 Å². The van der Waals surface area contributed by atoms with Crippen molar-refractivity contribution in [1.82, 2.24) is 0 Å². The van der Waals surface area contributed by atoms with Crippen LogP contribution in [0.1, 0.15) is 22.8 Å². The van der Waals surface area contributed by atoms with Gasteiger partial charge in [0.2, 0.25) is 5.91 Å². The highest BCUT2D eigenvalue weighted by Crippen LogP contribution is 2.35. The molecule has 0 saturated carbocycles. The van der Waals surface area contributed by atoms with E-state index in [0.29, 0.717) is 16.8 Å². The van der Waals surface area contributed by atoms with Crippen LogP contribution in [-0.4, -0.2) is 33.4 Å². The van der Waals surface area contributed by atoms with Crippen LogP contribution in [0.3, 0.4) is 0 Å². The fraction of sp³-hybridized carbons (Fsp3) is 0.167. The number of benzene rings is 3. The zero-order chi connectivity index (χ0) is 24.9. The maximum atomic E-state index is 13.4. The Morgan fingerprint density at radius 3 is 2.32 bits per heavy atom. The van der Waals surface area contributed by atoms with Crippen molar-refractivity contribution in [3.63, 3.8) is 0 Å². The van der Waals surface area contributed by atoms with Crippen LogP contribution >= 0.6 is 23.2 Å². The minimum absolute atomic E-state index is 0.00281. The fourth-order valence-corrected chi connectivity index (χ4v) is 5.13. The van der Waals surface area contributed by atoms with Gasteiger partial charge in [-0.25, -0.2) is 13.2 Å². The van der Waals surface area contributed by atoms with Gasteiger partial charge in [0, 0.05) is 5.69 Å². The molecule has 0 unspecified atom stereocenters. The first-order valence-corrected chi connectivity index (χ1v) is 12.4. The van der Waals surface area contributed by atoms with Gasteiger partial charge in [-0.05, 0) is 55.8 Å². The van der Waals surface area contributed by atoms with Crippen molar-refractivity contribution in [2.75, 3.05) is 22.8 Å². The smallest absolute Gasteiger partial charge is 0.338 e. The van der Waals surface area contributed by atoms with Crippen LogP contribution in [0.15, 0.2) is 71.6 Å². The van der Waals surface area contributed by atoms with Crippen molar-refractivity contribution in [3.8, 4) is 0 Å². The number of anilines is 2. The molecule has 10 heteroatoms. The summed E-state index contributed by atoms with van der Waals surface area (Å²) in [5.41, 5.74) is 1.20. The van der Waals surface area contributed by atoms with Gasteiger partial charge in [0.15, 0.2) is 0 Å². The maximum absolute atomic E-state index is 13.4. The van der Waals surface area contributed by atoms with Crippen LogP contribution in [-0.2, 0) is 19.6 Å². The largest absolute Gasteiger partial charge is 0.462 e. The van der Waals surface area contributed by atoms with E-state index in [9.17, 15) is 18.0 Å². The van der Waals surface area contributed by atoms with Crippen LogP contribution < -0.4 is 9.62 Å². The van der Waals surface area contributed by atoms with E-state index in [1.807, 2.05) is 0 Å². The van der Waals surface area contributed by atoms with Crippen molar-refractivity contribution in [1.29, 1.82) is 0 Å². The Kier molecular flexibility index (Phi) is 8.19. The number of amides is 1. The molecule has 0 radical (unpaired) electrons. The molecule has 1 N–H and O–H groups in total. The highest BCUT2D eigenvalue weighted by molar-refractivity contribution is 7.92. The summed E-state index contributed by atoms with van der Waals surface area (Å²) in [6, 6.07) is 17.0. The Morgan fingerprint density at radius 1 is 0.971 bits per heavy atom. The van der Waals surface area contributed by atoms with Gasteiger partial charge in [0.1, 0.15) is 6.54 Å². The molecule has 0 fully saturated rings. The standard InChI is InChI=1S/C24H22Cl2N2O5S/c1-3-33-24(30)18-11-7-13-20(16(18)2)27-22(29)15-28(21-14-8-12-19(25)23(21)26)34(31,32)17-9-5-4-6-10-17/h4-14H,3,15H2,1-2H3,(H,27,29). The zero-order valence-electron chi connectivity index (χ0n) is 18.4. The summed E-state index contributed by atoms with van der Waals surface area (Å²) in [7, 11) is -4.16. The SMILES string of the molecule is CCOC(=O)c1cccc(NC(=O)CN(c2cccc(Cl)c2Cl)S(=O)(=O)c2ccccc2)c1C. The Morgan fingerprint density at radius 2 is 1.65 bits per heavy atom. The van der Waals surface area contributed by atoms with Crippen LogP contribution in [0.25, 0.3) is 0 Å². The van der Waals surface area contributed by atoms with Gasteiger partial charge in [0.25, 0.3) is 10.0 Å². The molecule has 3 aromatic rings. The normalized spacial score (nSPS) is 11.1. The maximum Gasteiger partial charge on any atom is 0.338 e. The number of nitrogens with one attached hydrogen (secondary N) is 1. The minimum Gasteiger partial charge on any atom is -0.462 e. The molecule has 0 aliphatic heterocycles. The number of sulfonamides is 1. The van der Waals surface area contributed by atoms with E-state index >= 15 is 0 Å². The first-order valence-electron chi connectivity index (χ1n) is 10.2. The summed E-state index contributed by atoms with van der Waals surface area (Å²) in [6.45, 7) is 2.98. The molecular weight excluding hydrogens is 499 g/mol. The Balaban J connectivity index is 1.97. The third-order valence-corrected chi connectivity index (χ3v) is 7.50. The number of rotatable bonds is 8. The van der Waals surface area contributed by atoms with Crippen molar-refractivity contribution in [2.45, 2.75) is 18.7 Å². The summed E-state index contributed by atoms with van der Waals surface area (Å²) in [4.78, 5) is 25.2. The van der Waals surface area contributed by atoms with Gasteiger partial charge in [0.05, 0.1) is 32.8 Å². The van der Waals surface area contributed by atoms with Crippen molar-refractivity contribution in [3.05, 3.63) is 87.9 Å². The molecule has 0 atom stereocenters. The summed E-state index contributed by atoms with van der Waals surface area (Å²) in [5.74, 6) is -1.16. The predicted octanol–water partition coefficient (Wildman–Crippen LogP) is 5.31. The number of hydrogen-bond acceptors (Lipinski definition) is 5. The Hall–Kier alpha value is -3.07. The summed E-state index contributed by atoms with van der Waals surface area (Å²) in [6.07, 6.45) is 0. The van der Waals surface area contributed by atoms with Gasteiger partial charge in [-0.3, -0.25) is 9.10 Å². The quantitative estimate of drug-likeness (QED) is 0.406. The molecule has 0 heterocycles. The Bertz CT molecular complexity index is 1310. The molecule has 0 spiro atoms. The monoisotopic (exact) mass is 520 g/mol. The molecule has 0 aliphatic carbocycles. The zero-order valence-corrected chi connectivity index (χ0v) is 20.7. The summed E-state index contributed by atoms with van der Waals surface area (Å²) < 4.78 is 32.8. The molecule has 178 valence electrons. The third-order valence-electron chi connectivity index (χ3n) is 4.92. The van der Waals surface area contributed by atoms with Crippen molar-refractivity contribution in [2.24, 2.45) is 0 Å². The number of esters is 1. The molecule has 3 rings (SSSR count). The second kappa shape index (κ2) is 10.9. The molecular formula is C24H22Cl2N2O5S. The van der Waals surface area contributed by atoms with E-state index in [2.05, 4.69) is 5.32 Å². The number of hydrogen-bond donors (Lipinski definition) is 1. The van der Waals surface area contributed by atoms with Crippen molar-refractivity contribution >= 4 is 56.5 Å². The second-order valence-corrected chi connectivity index (χ2v) is 9.79. The van der Waals surface area contributed by atoms with E-state index < -0.39 is 28.4 Å². The van der Waals surface area contributed by atoms with Crippen LogP contribution in [0.4, 0.5) is 11.4 Å². The average molecular weight is 521 g/mol. The lowest BCUT2D eigenvalue weighted by Gasteiger charge is -2.25. The minimum atomic E-state index is -4.16. The molecule has 0 bridgehead atoms. The number of carbonyl (C=O) groups is 2. The molecule has 0 aromatic heterocycles. The number of halogens is 2. The average Bonchev–Trinajstić information content (AvgIpc) is 2.81. The first kappa shape index (κ1) is 25.6. The van der Waals surface area contributed by atoms with E-state index in [1.54, 1.807) is 56.3 Å². The lowest BCUT2D eigenvalue weighted by Crippen LogP contribution is -2.38. The number of carbonyl (C=O) groups excluding carboxylic acids is 2. The first-order chi connectivity index (χ1) is 16.2. The number of ether oxygens (including phenoxy) is 1. The van der Waals surface area contributed by atoms with Crippen molar-refractivity contribution < 1.29 is 22.7 Å². The lowest BCUT2D eigenvalue weighted by atomic mass is 10.1. The van der Waals surface area contributed by atoms with Crippen LogP contribution in [0.5, 0.6) is 0 Å². The predicted molar refractivity (Wildman–Crippen MR) is 133 cm³/mol. The molecule has 0 saturated heterocycles. The highest BCUT2D eigenvalue weighted by Gasteiger charge is 2.29. The molecule has 34 heavy (non-hydrogen) atoms. The summed E-state index contributed by atoms with van der Waals surface area (Å²) in [5, 5.41) is 2.82. The lowest BCUT2D eigenvalue weighted by molar-refractivity contribution is -0.114. The van der Waals surface area contributed by atoms with Crippen LogP contribution in [0, 0.1) is 6.92 Å². The molecule has 3 aromatic carbocycles. The van der Waals surface area contributed by atoms with E-state index in [1.165, 1.54) is 24.3 Å². The van der Waals surface area contributed by atoms with Gasteiger partial charge < -0.3 is 10.1 Å². The van der Waals surface area contributed by atoms with Crippen LogP contribution in [0.2, 0.25) is 10.0 Å². The Labute approximate surface area is 208 Å².